The molecule has 0 aliphatic carbocycles. The van der Waals surface area contributed by atoms with Gasteiger partial charge in [-0.25, -0.2) is 4.21 Å². The first-order valence-corrected chi connectivity index (χ1v) is 5.02. The van der Waals surface area contributed by atoms with Crippen LogP contribution in [-0.2, 0) is 11.1 Å². The largest absolute Gasteiger partial charge is 0.302 e. The van der Waals surface area contributed by atoms with Crippen LogP contribution in [0.3, 0.4) is 0 Å². The van der Waals surface area contributed by atoms with Crippen LogP contribution in [0.2, 0.25) is 0 Å². The molecule has 13 heavy (non-hydrogen) atoms. The lowest BCUT2D eigenvalue weighted by Gasteiger charge is -2.06. The lowest BCUT2D eigenvalue weighted by atomic mass is 10.0. The van der Waals surface area contributed by atoms with E-state index in [1.807, 2.05) is 0 Å². The number of halogens is 1. The zero-order chi connectivity index (χ0) is 9.84. The summed E-state index contributed by atoms with van der Waals surface area (Å²) in [5.74, 6) is -0.152. The van der Waals surface area contributed by atoms with Gasteiger partial charge in [-0.2, -0.15) is 0 Å². The van der Waals surface area contributed by atoms with E-state index in [9.17, 15) is 8.60 Å². The van der Waals surface area contributed by atoms with Gasteiger partial charge < -0.3 is 4.55 Å². The Morgan fingerprint density at radius 3 is 2.38 bits per heavy atom. The van der Waals surface area contributed by atoms with Gasteiger partial charge in [0.25, 0.3) is 0 Å². The zero-order valence-corrected chi connectivity index (χ0v) is 8.05. The molecule has 0 aliphatic heterocycles. The van der Waals surface area contributed by atoms with Crippen molar-refractivity contribution >= 4 is 11.1 Å². The Bertz CT molecular complexity index is 297. The van der Waals surface area contributed by atoms with E-state index in [1.165, 1.54) is 12.1 Å². The highest BCUT2D eigenvalue weighted by Crippen LogP contribution is 2.17. The van der Waals surface area contributed by atoms with Crippen molar-refractivity contribution in [3.63, 3.8) is 0 Å². The Morgan fingerprint density at radius 1 is 1.46 bits per heavy atom. The molecule has 0 saturated heterocycles. The minimum absolute atomic E-state index is 0.152. The van der Waals surface area contributed by atoms with Crippen LogP contribution < -0.4 is 0 Å². The van der Waals surface area contributed by atoms with E-state index in [-0.39, 0.29) is 5.92 Å². The Kier molecular flexibility index (Phi) is 3.57. The van der Waals surface area contributed by atoms with Crippen molar-refractivity contribution in [2.75, 3.05) is 6.67 Å². The molecule has 0 bridgehead atoms. The summed E-state index contributed by atoms with van der Waals surface area (Å²) in [6.07, 6.45) is 0. The first kappa shape index (κ1) is 10.3. The van der Waals surface area contributed by atoms with Crippen LogP contribution >= 0.6 is 0 Å². The molecule has 0 aliphatic rings. The van der Waals surface area contributed by atoms with Gasteiger partial charge in [0.05, 0.1) is 11.6 Å². The lowest BCUT2D eigenvalue weighted by Crippen LogP contribution is -1.96. The van der Waals surface area contributed by atoms with Crippen molar-refractivity contribution in [2.45, 2.75) is 17.7 Å². The molecule has 0 spiro atoms. The fourth-order valence-corrected chi connectivity index (χ4v) is 1.37. The smallest absolute Gasteiger partial charge is 0.186 e. The maximum atomic E-state index is 12.2. The molecule has 1 unspecified atom stereocenters. The second-order valence-corrected chi connectivity index (χ2v) is 3.84. The Morgan fingerprint density at radius 2 is 2.00 bits per heavy atom. The summed E-state index contributed by atoms with van der Waals surface area (Å²) < 4.78 is 31.5. The predicted molar refractivity (Wildman–Crippen MR) is 49.9 cm³/mol. The van der Waals surface area contributed by atoms with Gasteiger partial charge in [-0.15, -0.1) is 0 Å². The van der Waals surface area contributed by atoms with Crippen molar-refractivity contribution in [3.8, 4) is 0 Å². The summed E-state index contributed by atoms with van der Waals surface area (Å²) in [7, 11) is 0. The van der Waals surface area contributed by atoms with Crippen LogP contribution in [0, 0.1) is 0 Å². The minimum Gasteiger partial charge on any atom is -0.302 e. The molecule has 0 saturated carbocycles. The molecule has 0 aromatic heterocycles. The second-order valence-electron chi connectivity index (χ2n) is 2.87. The number of benzene rings is 1. The van der Waals surface area contributed by atoms with Gasteiger partial charge >= 0.3 is 0 Å². The van der Waals surface area contributed by atoms with E-state index in [2.05, 4.69) is 0 Å². The highest BCUT2D eigenvalue weighted by Gasteiger charge is 2.05. The molecular formula is C9H11FO2S. The van der Waals surface area contributed by atoms with Gasteiger partial charge in [-0.3, -0.25) is 4.39 Å². The van der Waals surface area contributed by atoms with Crippen molar-refractivity contribution in [2.24, 2.45) is 0 Å². The molecule has 1 aromatic rings. The standard InChI is InChI=1S/C9H11FO2S/c1-7(6-10)8-2-4-9(5-3-8)13(11)12/h2-5,7H,6H2,1H3,(H,11,12)/t7-/m1/s1. The normalized spacial score (nSPS) is 15.3. The van der Waals surface area contributed by atoms with E-state index < -0.39 is 17.8 Å². The molecule has 72 valence electrons. The monoisotopic (exact) mass is 202 g/mol. The third kappa shape index (κ3) is 2.60. The fourth-order valence-electron chi connectivity index (χ4n) is 1.00. The Labute approximate surface area is 79.1 Å². The van der Waals surface area contributed by atoms with E-state index in [0.29, 0.717) is 4.90 Å². The molecule has 2 atom stereocenters. The van der Waals surface area contributed by atoms with Gasteiger partial charge in [0.15, 0.2) is 11.1 Å². The maximum absolute atomic E-state index is 12.2. The quantitative estimate of drug-likeness (QED) is 0.764. The summed E-state index contributed by atoms with van der Waals surface area (Å²) >= 11 is -1.95. The first-order valence-electron chi connectivity index (χ1n) is 3.92. The van der Waals surface area contributed by atoms with Crippen LogP contribution in [0.5, 0.6) is 0 Å². The topological polar surface area (TPSA) is 37.3 Å². The molecule has 4 heteroatoms. The molecule has 0 amide bonds. The van der Waals surface area contributed by atoms with Crippen LogP contribution in [0.1, 0.15) is 18.4 Å². The highest BCUT2D eigenvalue weighted by atomic mass is 32.2. The average Bonchev–Trinajstić information content (AvgIpc) is 2.17. The Balaban J connectivity index is 2.87. The summed E-state index contributed by atoms with van der Waals surface area (Å²) in [5.41, 5.74) is 0.844. The van der Waals surface area contributed by atoms with Gasteiger partial charge in [-0.05, 0) is 17.7 Å². The molecule has 1 aromatic carbocycles. The highest BCUT2D eigenvalue weighted by molar-refractivity contribution is 7.79. The zero-order valence-electron chi connectivity index (χ0n) is 7.24. The summed E-state index contributed by atoms with van der Waals surface area (Å²) in [4.78, 5) is 0.342. The minimum atomic E-state index is -1.95. The second kappa shape index (κ2) is 4.48. The molecule has 1 rings (SSSR count). The maximum Gasteiger partial charge on any atom is 0.186 e. The average molecular weight is 202 g/mol. The van der Waals surface area contributed by atoms with E-state index in [4.69, 9.17) is 4.55 Å². The molecule has 0 heterocycles. The SMILES string of the molecule is C[C@H](CF)c1ccc(S(=O)O)cc1. The van der Waals surface area contributed by atoms with Gasteiger partial charge in [0, 0.05) is 5.92 Å². The lowest BCUT2D eigenvalue weighted by molar-refractivity contribution is 0.447. The summed E-state index contributed by atoms with van der Waals surface area (Å²) in [6.45, 7) is 1.35. The van der Waals surface area contributed by atoms with Gasteiger partial charge in [-0.1, -0.05) is 19.1 Å². The molecule has 2 nitrogen and oxygen atoms in total. The van der Waals surface area contributed by atoms with Crippen molar-refractivity contribution in [1.82, 2.24) is 0 Å². The molecule has 1 N–H and O–H groups in total. The third-order valence-corrected chi connectivity index (χ3v) is 2.56. The van der Waals surface area contributed by atoms with Crippen molar-refractivity contribution in [3.05, 3.63) is 29.8 Å². The summed E-state index contributed by atoms with van der Waals surface area (Å²) in [6, 6.07) is 6.43. The van der Waals surface area contributed by atoms with Gasteiger partial charge in [0.2, 0.25) is 0 Å². The predicted octanol–water partition coefficient (Wildman–Crippen LogP) is 2.34. The van der Waals surface area contributed by atoms with Crippen LogP contribution in [-0.4, -0.2) is 15.4 Å². The number of rotatable bonds is 3. The van der Waals surface area contributed by atoms with Crippen LogP contribution in [0.4, 0.5) is 4.39 Å². The van der Waals surface area contributed by atoms with E-state index >= 15 is 0 Å². The van der Waals surface area contributed by atoms with E-state index in [1.54, 1.807) is 19.1 Å². The fraction of sp³-hybridized carbons (Fsp3) is 0.333. The number of hydrogen-bond donors (Lipinski definition) is 1. The number of hydrogen-bond acceptors (Lipinski definition) is 1. The molecule has 0 fully saturated rings. The van der Waals surface area contributed by atoms with Crippen molar-refractivity contribution in [1.29, 1.82) is 0 Å². The first-order chi connectivity index (χ1) is 6.15. The summed E-state index contributed by atoms with van der Waals surface area (Å²) in [5, 5.41) is 0. The van der Waals surface area contributed by atoms with Crippen molar-refractivity contribution < 1.29 is 13.2 Å². The molecular weight excluding hydrogens is 191 g/mol. The van der Waals surface area contributed by atoms with Crippen LogP contribution in [0.15, 0.2) is 29.2 Å². The third-order valence-electron chi connectivity index (χ3n) is 1.88. The Hall–Kier alpha value is -0.740. The van der Waals surface area contributed by atoms with E-state index in [0.717, 1.165) is 5.56 Å². The van der Waals surface area contributed by atoms with Crippen LogP contribution in [0.25, 0.3) is 0 Å². The number of alkyl halides is 1. The van der Waals surface area contributed by atoms with Gasteiger partial charge in [0.1, 0.15) is 0 Å². The molecule has 0 radical (unpaired) electrons.